The molecular weight excluding hydrogens is 326 g/mol. The van der Waals surface area contributed by atoms with Crippen LogP contribution >= 0.6 is 15.9 Å². The number of hydrogen-bond donors (Lipinski definition) is 1. The highest BCUT2D eigenvalue weighted by molar-refractivity contribution is 9.10. The van der Waals surface area contributed by atoms with E-state index in [0.29, 0.717) is 12.0 Å². The molecule has 1 aromatic heterocycles. The smallest absolute Gasteiger partial charge is 0.0663 e. The minimum atomic E-state index is 0.505. The molecule has 1 aliphatic rings. The van der Waals surface area contributed by atoms with Crippen molar-refractivity contribution in [2.24, 2.45) is 0 Å². The van der Waals surface area contributed by atoms with Gasteiger partial charge in [0.05, 0.1) is 12.7 Å². The molecule has 0 amide bonds. The van der Waals surface area contributed by atoms with Gasteiger partial charge in [-0.1, -0.05) is 41.9 Å². The van der Waals surface area contributed by atoms with Crippen LogP contribution in [0, 0.1) is 0 Å². The van der Waals surface area contributed by atoms with Gasteiger partial charge in [0, 0.05) is 34.2 Å². The standard InChI is InChI=1S/C17H22BrN3/c1-12(2)19-9-15-10-20-21(17(15)14-6-7-14)11-13-4-3-5-16(18)8-13/h3-5,8,10,12,14,19H,6-7,9,11H2,1-2H3. The molecule has 1 aromatic carbocycles. The average molecular weight is 348 g/mol. The van der Waals surface area contributed by atoms with Gasteiger partial charge < -0.3 is 5.32 Å². The second-order valence-electron chi connectivity index (χ2n) is 6.15. The lowest BCUT2D eigenvalue weighted by Gasteiger charge is -2.11. The molecule has 2 aromatic rings. The molecular formula is C17H22BrN3. The van der Waals surface area contributed by atoms with E-state index in [1.54, 1.807) is 0 Å². The minimum absolute atomic E-state index is 0.505. The first-order valence-corrected chi connectivity index (χ1v) is 8.45. The molecule has 0 saturated heterocycles. The molecule has 1 fully saturated rings. The summed E-state index contributed by atoms with van der Waals surface area (Å²) in [6.07, 6.45) is 4.65. The van der Waals surface area contributed by atoms with Crippen LogP contribution in [0.4, 0.5) is 0 Å². The molecule has 0 bridgehead atoms. The second-order valence-corrected chi connectivity index (χ2v) is 7.07. The van der Waals surface area contributed by atoms with Crippen LogP contribution in [0.3, 0.4) is 0 Å². The summed E-state index contributed by atoms with van der Waals surface area (Å²) >= 11 is 3.54. The number of aromatic nitrogens is 2. The minimum Gasteiger partial charge on any atom is -0.310 e. The number of nitrogens with one attached hydrogen (secondary N) is 1. The Morgan fingerprint density at radius 1 is 1.38 bits per heavy atom. The lowest BCUT2D eigenvalue weighted by Crippen LogP contribution is -2.22. The van der Waals surface area contributed by atoms with Crippen LogP contribution in [0.25, 0.3) is 0 Å². The molecule has 4 heteroatoms. The van der Waals surface area contributed by atoms with E-state index in [9.17, 15) is 0 Å². The Morgan fingerprint density at radius 3 is 2.86 bits per heavy atom. The van der Waals surface area contributed by atoms with E-state index >= 15 is 0 Å². The van der Waals surface area contributed by atoms with Gasteiger partial charge >= 0.3 is 0 Å². The Morgan fingerprint density at radius 2 is 2.19 bits per heavy atom. The molecule has 0 unspecified atom stereocenters. The molecule has 0 radical (unpaired) electrons. The van der Waals surface area contributed by atoms with Gasteiger partial charge in [0.1, 0.15) is 0 Å². The maximum atomic E-state index is 4.64. The zero-order chi connectivity index (χ0) is 14.8. The van der Waals surface area contributed by atoms with Gasteiger partial charge in [0.25, 0.3) is 0 Å². The summed E-state index contributed by atoms with van der Waals surface area (Å²) in [4.78, 5) is 0. The summed E-state index contributed by atoms with van der Waals surface area (Å²) in [5.74, 6) is 0.712. The first kappa shape index (κ1) is 14.8. The van der Waals surface area contributed by atoms with E-state index < -0.39 is 0 Å². The van der Waals surface area contributed by atoms with E-state index in [4.69, 9.17) is 0 Å². The largest absolute Gasteiger partial charge is 0.310 e. The van der Waals surface area contributed by atoms with Gasteiger partial charge in [0.15, 0.2) is 0 Å². The molecule has 0 aliphatic heterocycles. The number of hydrogen-bond acceptors (Lipinski definition) is 2. The predicted octanol–water partition coefficient (Wildman–Crippen LogP) is 4.07. The normalized spacial score (nSPS) is 14.9. The third-order valence-corrected chi connectivity index (χ3v) is 4.34. The number of halogens is 1. The van der Waals surface area contributed by atoms with Crippen LogP contribution in [0.5, 0.6) is 0 Å². The molecule has 21 heavy (non-hydrogen) atoms. The quantitative estimate of drug-likeness (QED) is 0.853. The highest BCUT2D eigenvalue weighted by Crippen LogP contribution is 2.41. The molecule has 0 atom stereocenters. The van der Waals surface area contributed by atoms with E-state index in [2.05, 4.69) is 69.1 Å². The van der Waals surface area contributed by atoms with Crippen LogP contribution in [0.15, 0.2) is 34.9 Å². The Hall–Kier alpha value is -1.13. The lowest BCUT2D eigenvalue weighted by molar-refractivity contribution is 0.582. The third kappa shape index (κ3) is 3.74. The van der Waals surface area contributed by atoms with Crippen molar-refractivity contribution in [2.75, 3.05) is 0 Å². The zero-order valence-corrected chi connectivity index (χ0v) is 14.2. The Balaban J connectivity index is 1.81. The summed E-state index contributed by atoms with van der Waals surface area (Å²) in [7, 11) is 0. The van der Waals surface area contributed by atoms with Crippen LogP contribution in [-0.4, -0.2) is 15.8 Å². The van der Waals surface area contributed by atoms with E-state index in [1.165, 1.54) is 29.7 Å². The number of rotatable bonds is 6. The van der Waals surface area contributed by atoms with Gasteiger partial charge in [-0.25, -0.2) is 0 Å². The van der Waals surface area contributed by atoms with Crippen molar-refractivity contribution in [3.63, 3.8) is 0 Å². The summed E-state index contributed by atoms with van der Waals surface area (Å²) in [5.41, 5.74) is 4.09. The molecule has 3 nitrogen and oxygen atoms in total. The molecule has 3 rings (SSSR count). The van der Waals surface area contributed by atoms with Crippen LogP contribution in [0.2, 0.25) is 0 Å². The van der Waals surface area contributed by atoms with E-state index in [0.717, 1.165) is 17.6 Å². The molecule has 1 aliphatic carbocycles. The number of nitrogens with zero attached hydrogens (tertiary/aromatic N) is 2. The topological polar surface area (TPSA) is 29.9 Å². The van der Waals surface area contributed by atoms with Gasteiger partial charge in [-0.3, -0.25) is 4.68 Å². The van der Waals surface area contributed by atoms with Crippen molar-refractivity contribution in [1.82, 2.24) is 15.1 Å². The maximum Gasteiger partial charge on any atom is 0.0663 e. The summed E-state index contributed by atoms with van der Waals surface area (Å²) in [6.45, 7) is 6.14. The third-order valence-electron chi connectivity index (χ3n) is 3.85. The van der Waals surface area contributed by atoms with Crippen molar-refractivity contribution in [2.45, 2.75) is 51.7 Å². The number of benzene rings is 1. The Bertz CT molecular complexity index is 614. The zero-order valence-electron chi connectivity index (χ0n) is 12.6. The van der Waals surface area contributed by atoms with Crippen molar-refractivity contribution < 1.29 is 0 Å². The van der Waals surface area contributed by atoms with Crippen molar-refractivity contribution >= 4 is 15.9 Å². The molecule has 1 saturated carbocycles. The molecule has 1 heterocycles. The first-order chi connectivity index (χ1) is 10.1. The summed E-state index contributed by atoms with van der Waals surface area (Å²) < 4.78 is 3.32. The Kier molecular flexibility index (Phi) is 4.45. The fourth-order valence-electron chi connectivity index (χ4n) is 2.65. The molecule has 1 N–H and O–H groups in total. The fourth-order valence-corrected chi connectivity index (χ4v) is 3.09. The highest BCUT2D eigenvalue weighted by atomic mass is 79.9. The van der Waals surface area contributed by atoms with Gasteiger partial charge in [-0.15, -0.1) is 0 Å². The van der Waals surface area contributed by atoms with Crippen molar-refractivity contribution in [3.05, 3.63) is 51.8 Å². The van der Waals surface area contributed by atoms with Gasteiger partial charge in [-0.2, -0.15) is 5.10 Å². The van der Waals surface area contributed by atoms with E-state index in [-0.39, 0.29) is 0 Å². The second kappa shape index (κ2) is 6.32. The SMILES string of the molecule is CC(C)NCc1cnn(Cc2cccc(Br)c2)c1C1CC1. The predicted molar refractivity (Wildman–Crippen MR) is 89.4 cm³/mol. The first-order valence-electron chi connectivity index (χ1n) is 7.66. The Labute approximate surface area is 134 Å². The summed E-state index contributed by atoms with van der Waals surface area (Å²) in [6, 6.07) is 8.98. The molecule has 112 valence electrons. The lowest BCUT2D eigenvalue weighted by atomic mass is 10.1. The summed E-state index contributed by atoms with van der Waals surface area (Å²) in [5, 5.41) is 8.15. The van der Waals surface area contributed by atoms with Gasteiger partial charge in [-0.05, 0) is 30.5 Å². The monoisotopic (exact) mass is 347 g/mol. The van der Waals surface area contributed by atoms with Crippen molar-refractivity contribution in [3.8, 4) is 0 Å². The highest BCUT2D eigenvalue weighted by Gasteiger charge is 2.30. The van der Waals surface area contributed by atoms with Gasteiger partial charge in [0.2, 0.25) is 0 Å². The van der Waals surface area contributed by atoms with Crippen molar-refractivity contribution in [1.29, 1.82) is 0 Å². The maximum absolute atomic E-state index is 4.64. The van der Waals surface area contributed by atoms with Crippen LogP contribution in [0.1, 0.15) is 49.4 Å². The van der Waals surface area contributed by atoms with Crippen LogP contribution in [-0.2, 0) is 13.1 Å². The fraction of sp³-hybridized carbons (Fsp3) is 0.471. The van der Waals surface area contributed by atoms with Crippen LogP contribution < -0.4 is 5.32 Å². The van der Waals surface area contributed by atoms with E-state index in [1.807, 2.05) is 6.20 Å². The average Bonchev–Trinajstić information content (AvgIpc) is 3.19. The molecule has 0 spiro atoms.